The number of hydrogen-bond acceptors (Lipinski definition) is 2. The predicted octanol–water partition coefficient (Wildman–Crippen LogP) is 3.16. The van der Waals surface area contributed by atoms with Gasteiger partial charge in [0.05, 0.1) is 6.20 Å². The van der Waals surface area contributed by atoms with E-state index in [0.717, 1.165) is 6.20 Å². The number of rotatable bonds is 3. The summed E-state index contributed by atoms with van der Waals surface area (Å²) in [4.78, 5) is 3.93. The summed E-state index contributed by atoms with van der Waals surface area (Å²) < 4.78 is 30.3. The second kappa shape index (κ2) is 4.68. The van der Waals surface area contributed by atoms with Crippen molar-refractivity contribution in [2.75, 3.05) is 0 Å². The van der Waals surface area contributed by atoms with Gasteiger partial charge in [-0.3, -0.25) is 4.40 Å². The van der Waals surface area contributed by atoms with E-state index in [9.17, 15) is 13.9 Å². The summed E-state index contributed by atoms with van der Waals surface area (Å²) in [6.45, 7) is 0. The van der Waals surface area contributed by atoms with Crippen LogP contribution in [0, 0.1) is 0 Å². The predicted molar refractivity (Wildman–Crippen MR) is 70.5 cm³/mol. The highest BCUT2D eigenvalue weighted by molar-refractivity contribution is 5.41. The molecule has 0 fully saturated rings. The quantitative estimate of drug-likeness (QED) is 0.796. The molecule has 0 saturated heterocycles. The summed E-state index contributed by atoms with van der Waals surface area (Å²) in [6.07, 6.45) is 0.689. The molecule has 20 heavy (non-hydrogen) atoms. The molecule has 0 aliphatic carbocycles. The van der Waals surface area contributed by atoms with Crippen LogP contribution in [0.1, 0.15) is 17.4 Å². The highest BCUT2D eigenvalue weighted by Crippen LogP contribution is 2.40. The molecule has 2 aromatic heterocycles. The molecule has 0 amide bonds. The number of hydrogen-bond donors (Lipinski definition) is 1. The zero-order valence-electron chi connectivity index (χ0n) is 10.4. The van der Waals surface area contributed by atoms with Crippen molar-refractivity contribution in [1.29, 1.82) is 0 Å². The maximum Gasteiger partial charge on any atom is 0.319 e. The summed E-state index contributed by atoms with van der Waals surface area (Å²) in [6, 6.07) is 12.9. The first-order chi connectivity index (χ1) is 9.60. The molecule has 102 valence electrons. The van der Waals surface area contributed by atoms with Crippen molar-refractivity contribution in [1.82, 2.24) is 9.38 Å². The normalized spacial score (nSPS) is 13.6. The second-order valence-corrected chi connectivity index (χ2v) is 4.51. The number of aromatic nitrogens is 2. The fraction of sp³-hybridized carbons (Fsp3) is 0.133. The lowest BCUT2D eigenvalue weighted by atomic mass is 10.0. The van der Waals surface area contributed by atoms with Crippen LogP contribution in [0.3, 0.4) is 0 Å². The van der Waals surface area contributed by atoms with Crippen LogP contribution in [-0.2, 0) is 5.92 Å². The van der Waals surface area contributed by atoms with Crippen molar-refractivity contribution in [3.8, 4) is 0 Å². The van der Waals surface area contributed by atoms with Crippen LogP contribution < -0.4 is 0 Å². The lowest BCUT2D eigenvalue weighted by molar-refractivity contribution is -0.121. The maximum absolute atomic E-state index is 14.5. The largest absolute Gasteiger partial charge is 0.382 e. The van der Waals surface area contributed by atoms with Gasteiger partial charge < -0.3 is 5.11 Å². The van der Waals surface area contributed by atoms with E-state index in [0.29, 0.717) is 5.65 Å². The van der Waals surface area contributed by atoms with Crippen molar-refractivity contribution < 1.29 is 13.9 Å². The highest BCUT2D eigenvalue weighted by Gasteiger charge is 2.43. The summed E-state index contributed by atoms with van der Waals surface area (Å²) in [5.41, 5.74) is 0.260. The first-order valence-electron chi connectivity index (χ1n) is 6.14. The number of aliphatic hydroxyl groups is 1. The molecule has 3 nitrogen and oxygen atoms in total. The molecule has 0 aliphatic heterocycles. The molecular weight excluding hydrogens is 262 g/mol. The zero-order valence-corrected chi connectivity index (χ0v) is 10.4. The van der Waals surface area contributed by atoms with Crippen molar-refractivity contribution in [2.24, 2.45) is 0 Å². The topological polar surface area (TPSA) is 37.5 Å². The van der Waals surface area contributed by atoms with Gasteiger partial charge in [-0.1, -0.05) is 36.4 Å². The smallest absolute Gasteiger partial charge is 0.319 e. The van der Waals surface area contributed by atoms with Gasteiger partial charge in [-0.2, -0.15) is 8.78 Å². The third kappa shape index (κ3) is 1.96. The van der Waals surface area contributed by atoms with E-state index in [-0.39, 0.29) is 11.3 Å². The molecule has 0 spiro atoms. The minimum atomic E-state index is -3.43. The van der Waals surface area contributed by atoms with Crippen LogP contribution in [0.25, 0.3) is 5.65 Å². The Kier molecular flexibility index (Phi) is 2.99. The van der Waals surface area contributed by atoms with Gasteiger partial charge in [0.1, 0.15) is 17.4 Å². The van der Waals surface area contributed by atoms with Gasteiger partial charge in [0.25, 0.3) is 0 Å². The Morgan fingerprint density at radius 3 is 2.50 bits per heavy atom. The average molecular weight is 274 g/mol. The fourth-order valence-electron chi connectivity index (χ4n) is 2.16. The minimum absolute atomic E-state index is 0.170. The first-order valence-corrected chi connectivity index (χ1v) is 6.14. The molecule has 2 heterocycles. The van der Waals surface area contributed by atoms with Gasteiger partial charge in [0.15, 0.2) is 0 Å². The van der Waals surface area contributed by atoms with Gasteiger partial charge >= 0.3 is 5.92 Å². The van der Waals surface area contributed by atoms with Crippen LogP contribution in [0.2, 0.25) is 0 Å². The zero-order chi connectivity index (χ0) is 14.2. The Morgan fingerprint density at radius 2 is 1.75 bits per heavy atom. The summed E-state index contributed by atoms with van der Waals surface area (Å²) in [7, 11) is 0. The maximum atomic E-state index is 14.5. The molecule has 1 N–H and O–H groups in total. The third-order valence-electron chi connectivity index (χ3n) is 3.22. The van der Waals surface area contributed by atoms with Gasteiger partial charge in [0, 0.05) is 6.20 Å². The number of alkyl halides is 2. The molecule has 1 unspecified atom stereocenters. The van der Waals surface area contributed by atoms with Crippen LogP contribution in [0.5, 0.6) is 0 Å². The minimum Gasteiger partial charge on any atom is -0.382 e. The number of aliphatic hydroxyl groups excluding tert-OH is 1. The van der Waals surface area contributed by atoms with E-state index < -0.39 is 12.0 Å². The van der Waals surface area contributed by atoms with Crippen molar-refractivity contribution in [3.63, 3.8) is 0 Å². The Labute approximate surface area is 114 Å². The van der Waals surface area contributed by atoms with E-state index in [1.807, 2.05) is 0 Å². The van der Waals surface area contributed by atoms with Crippen LogP contribution >= 0.6 is 0 Å². The molecule has 0 bridgehead atoms. The van der Waals surface area contributed by atoms with E-state index in [4.69, 9.17) is 0 Å². The van der Waals surface area contributed by atoms with E-state index in [2.05, 4.69) is 4.98 Å². The molecule has 3 rings (SSSR count). The van der Waals surface area contributed by atoms with Gasteiger partial charge in [0.2, 0.25) is 0 Å². The summed E-state index contributed by atoms with van der Waals surface area (Å²) >= 11 is 0. The number of benzene rings is 1. The van der Waals surface area contributed by atoms with E-state index in [1.165, 1.54) is 22.7 Å². The molecule has 0 saturated carbocycles. The molecule has 5 heteroatoms. The molecule has 1 aromatic carbocycles. The number of halogens is 2. The van der Waals surface area contributed by atoms with E-state index in [1.54, 1.807) is 36.4 Å². The average Bonchev–Trinajstić information content (AvgIpc) is 2.92. The summed E-state index contributed by atoms with van der Waals surface area (Å²) in [5.74, 6) is -3.43. The third-order valence-corrected chi connectivity index (χ3v) is 3.22. The van der Waals surface area contributed by atoms with Crippen LogP contribution in [0.4, 0.5) is 8.78 Å². The Morgan fingerprint density at radius 1 is 1.05 bits per heavy atom. The lowest BCUT2D eigenvalue weighted by Gasteiger charge is -2.22. The molecule has 3 aromatic rings. The van der Waals surface area contributed by atoms with Gasteiger partial charge in [-0.25, -0.2) is 4.98 Å². The lowest BCUT2D eigenvalue weighted by Crippen LogP contribution is -2.25. The fourth-order valence-corrected chi connectivity index (χ4v) is 2.16. The number of pyridine rings is 1. The Bertz CT molecular complexity index is 725. The second-order valence-electron chi connectivity index (χ2n) is 4.51. The highest BCUT2D eigenvalue weighted by atomic mass is 19.3. The van der Waals surface area contributed by atoms with Crippen LogP contribution in [0.15, 0.2) is 60.9 Å². The number of fused-ring (bicyclic) bond motifs is 1. The molecular formula is C15H12F2N2O. The van der Waals surface area contributed by atoms with Crippen molar-refractivity contribution in [2.45, 2.75) is 12.0 Å². The SMILES string of the molecule is OC(c1ccccc1)C(F)(F)c1cnc2ccccn12. The number of nitrogens with zero attached hydrogens (tertiary/aromatic N) is 2. The van der Waals surface area contributed by atoms with Crippen molar-refractivity contribution >= 4 is 5.65 Å². The van der Waals surface area contributed by atoms with Crippen LogP contribution in [-0.4, -0.2) is 14.5 Å². The number of imidazole rings is 1. The Hall–Kier alpha value is -2.27. The van der Waals surface area contributed by atoms with Crippen molar-refractivity contribution in [3.05, 3.63) is 72.2 Å². The van der Waals surface area contributed by atoms with E-state index >= 15 is 0 Å². The van der Waals surface area contributed by atoms with Gasteiger partial charge in [-0.15, -0.1) is 0 Å². The van der Waals surface area contributed by atoms with Gasteiger partial charge in [-0.05, 0) is 17.7 Å². The Balaban J connectivity index is 2.07. The monoisotopic (exact) mass is 274 g/mol. The molecule has 0 radical (unpaired) electrons. The first kappa shape index (κ1) is 12.7. The standard InChI is InChI=1S/C15H12F2N2O/c16-15(17,14(20)11-6-2-1-3-7-11)12-10-18-13-8-4-5-9-19(12)13/h1-10,14,20H. The molecule has 0 aliphatic rings. The summed E-state index contributed by atoms with van der Waals surface area (Å²) in [5, 5.41) is 9.99. The molecule has 1 atom stereocenters.